The number of hydrogen-bond donors (Lipinski definition) is 1. The largest absolute Gasteiger partial charge is 0.361 e. The van der Waals surface area contributed by atoms with Gasteiger partial charge < -0.3 is 10.2 Å². The number of benzene rings is 3. The molecule has 0 bridgehead atoms. The van der Waals surface area contributed by atoms with Crippen molar-refractivity contribution in [3.8, 4) is 0 Å². The van der Waals surface area contributed by atoms with Gasteiger partial charge in [-0.3, -0.25) is 14.4 Å². The predicted octanol–water partition coefficient (Wildman–Crippen LogP) is 3.47. The number of amides is 3. The van der Waals surface area contributed by atoms with Crippen LogP contribution in [0.1, 0.15) is 16.7 Å². The lowest BCUT2D eigenvalue weighted by atomic mass is 9.77. The van der Waals surface area contributed by atoms with E-state index in [2.05, 4.69) is 5.32 Å². The van der Waals surface area contributed by atoms with Crippen molar-refractivity contribution >= 4 is 46.3 Å². The number of carbonyl (C=O) groups is 3. The van der Waals surface area contributed by atoms with Gasteiger partial charge in [-0.15, -0.1) is 0 Å². The molecule has 0 radical (unpaired) electrons. The maximum atomic E-state index is 14.2. The lowest BCUT2D eigenvalue weighted by Crippen LogP contribution is -2.54. The lowest BCUT2D eigenvalue weighted by molar-refractivity contribution is -0.132. The molecule has 0 aliphatic carbocycles. The summed E-state index contributed by atoms with van der Waals surface area (Å²) in [7, 11) is 0. The number of nitrogens with zero attached hydrogens (tertiary/aromatic N) is 2. The molecule has 1 spiro atoms. The standard InChI is InChI=1S/C27H21N3O3S/c1-16-9-5-7-13-19(16)30-24(31)21-22(25(30)32)27(28-23(21)34)18-12-6-8-14-20(18)29(26(27)33)15-17-10-3-2-4-11-17/h2-14,21-22H,15H2,1H3,(H,28,34)/t21-,22-,27+/m0/s1. The summed E-state index contributed by atoms with van der Waals surface area (Å²) in [5, 5.41) is 3.17. The van der Waals surface area contributed by atoms with E-state index in [9.17, 15) is 14.4 Å². The molecule has 3 amide bonds. The smallest absolute Gasteiger partial charge is 0.258 e. The summed E-state index contributed by atoms with van der Waals surface area (Å²) >= 11 is 5.60. The number of hydrogen-bond acceptors (Lipinski definition) is 4. The highest BCUT2D eigenvalue weighted by Gasteiger charge is 2.71. The molecular formula is C27H21N3O3S. The van der Waals surface area contributed by atoms with Crippen molar-refractivity contribution in [2.45, 2.75) is 19.0 Å². The summed E-state index contributed by atoms with van der Waals surface area (Å²) < 4.78 is 0. The molecule has 6 rings (SSSR count). The van der Waals surface area contributed by atoms with Gasteiger partial charge in [0.1, 0.15) is 5.92 Å². The van der Waals surface area contributed by atoms with E-state index < -0.39 is 23.3 Å². The first kappa shape index (κ1) is 20.7. The minimum atomic E-state index is -1.41. The number of aryl methyl sites for hydroxylation is 1. The predicted molar refractivity (Wildman–Crippen MR) is 132 cm³/mol. The Kier molecular flexibility index (Phi) is 4.47. The molecule has 3 aromatic rings. The van der Waals surface area contributed by atoms with Crippen molar-refractivity contribution < 1.29 is 14.4 Å². The molecule has 6 nitrogen and oxygen atoms in total. The molecule has 7 heteroatoms. The van der Waals surface area contributed by atoms with E-state index in [-0.39, 0.29) is 16.8 Å². The van der Waals surface area contributed by atoms with Crippen LogP contribution in [-0.2, 0) is 26.5 Å². The highest BCUT2D eigenvalue weighted by Crippen LogP contribution is 2.54. The first-order chi connectivity index (χ1) is 16.4. The number of anilines is 2. The highest BCUT2D eigenvalue weighted by atomic mass is 32.1. The van der Waals surface area contributed by atoms with E-state index in [1.54, 1.807) is 17.0 Å². The second kappa shape index (κ2) is 7.33. The zero-order valence-electron chi connectivity index (χ0n) is 18.4. The van der Waals surface area contributed by atoms with Crippen molar-refractivity contribution in [2.24, 2.45) is 11.8 Å². The normalized spacial score (nSPS) is 25.2. The number of fused-ring (bicyclic) bond motifs is 4. The summed E-state index contributed by atoms with van der Waals surface area (Å²) in [5.41, 5.74) is 2.30. The van der Waals surface area contributed by atoms with Crippen LogP contribution in [0.2, 0.25) is 0 Å². The van der Waals surface area contributed by atoms with Crippen molar-refractivity contribution in [3.63, 3.8) is 0 Å². The molecule has 0 unspecified atom stereocenters. The Bertz CT molecular complexity index is 1390. The summed E-state index contributed by atoms with van der Waals surface area (Å²) in [6.45, 7) is 2.21. The van der Waals surface area contributed by atoms with E-state index in [0.29, 0.717) is 17.8 Å². The van der Waals surface area contributed by atoms with Crippen molar-refractivity contribution in [1.29, 1.82) is 0 Å². The fourth-order valence-corrected chi connectivity index (χ4v) is 5.99. The third-order valence-corrected chi connectivity index (χ3v) is 7.47. The third-order valence-electron chi connectivity index (χ3n) is 7.12. The second-order valence-electron chi connectivity index (χ2n) is 8.95. The van der Waals surface area contributed by atoms with Gasteiger partial charge in [0.25, 0.3) is 5.91 Å². The molecule has 2 fully saturated rings. The average molecular weight is 468 g/mol. The van der Waals surface area contributed by atoms with Crippen LogP contribution >= 0.6 is 12.2 Å². The Morgan fingerprint density at radius 1 is 0.853 bits per heavy atom. The van der Waals surface area contributed by atoms with Crippen LogP contribution < -0.4 is 15.1 Å². The van der Waals surface area contributed by atoms with Gasteiger partial charge in [-0.1, -0.05) is 78.9 Å². The number of rotatable bonds is 3. The van der Waals surface area contributed by atoms with Crippen LogP contribution in [0.3, 0.4) is 0 Å². The van der Waals surface area contributed by atoms with Crippen LogP contribution in [0, 0.1) is 18.8 Å². The van der Waals surface area contributed by atoms with Crippen molar-refractivity contribution in [3.05, 3.63) is 95.6 Å². The van der Waals surface area contributed by atoms with E-state index in [0.717, 1.165) is 16.8 Å². The van der Waals surface area contributed by atoms with Crippen LogP contribution in [-0.4, -0.2) is 22.7 Å². The minimum absolute atomic E-state index is 0.240. The average Bonchev–Trinajstić information content (AvgIpc) is 3.39. The molecule has 0 saturated carbocycles. The monoisotopic (exact) mass is 467 g/mol. The first-order valence-corrected chi connectivity index (χ1v) is 11.6. The Morgan fingerprint density at radius 2 is 1.50 bits per heavy atom. The van der Waals surface area contributed by atoms with Gasteiger partial charge >= 0.3 is 0 Å². The summed E-state index contributed by atoms with van der Waals surface area (Å²) in [4.78, 5) is 44.8. The third kappa shape index (κ3) is 2.61. The molecule has 3 aromatic carbocycles. The van der Waals surface area contributed by atoms with Crippen LogP contribution in [0.4, 0.5) is 11.4 Å². The quantitative estimate of drug-likeness (QED) is 0.472. The minimum Gasteiger partial charge on any atom is -0.361 e. The van der Waals surface area contributed by atoms with Gasteiger partial charge in [0.05, 0.1) is 28.8 Å². The number of para-hydroxylation sites is 2. The van der Waals surface area contributed by atoms with Gasteiger partial charge in [-0.2, -0.15) is 0 Å². The Balaban J connectivity index is 1.49. The van der Waals surface area contributed by atoms with Gasteiger partial charge in [-0.25, -0.2) is 4.90 Å². The fraction of sp³-hybridized carbons (Fsp3) is 0.185. The van der Waals surface area contributed by atoms with E-state index in [1.165, 1.54) is 4.90 Å². The molecule has 0 aromatic heterocycles. The van der Waals surface area contributed by atoms with Crippen LogP contribution in [0.25, 0.3) is 0 Å². The summed E-state index contributed by atoms with van der Waals surface area (Å²) in [6.07, 6.45) is 0. The molecule has 3 atom stereocenters. The fourth-order valence-electron chi connectivity index (χ4n) is 5.60. The van der Waals surface area contributed by atoms with Gasteiger partial charge in [-0.05, 0) is 30.2 Å². The Hall–Kier alpha value is -3.84. The first-order valence-electron chi connectivity index (χ1n) is 11.2. The topological polar surface area (TPSA) is 69.7 Å². The summed E-state index contributed by atoms with van der Waals surface area (Å²) in [6, 6.07) is 24.4. The molecule has 2 saturated heterocycles. The zero-order valence-corrected chi connectivity index (χ0v) is 19.2. The Labute approximate surface area is 202 Å². The molecule has 3 heterocycles. The molecule has 3 aliphatic heterocycles. The molecule has 1 N–H and O–H groups in total. The number of thiocarbonyl (C=S) groups is 1. The van der Waals surface area contributed by atoms with Gasteiger partial charge in [0.2, 0.25) is 11.8 Å². The van der Waals surface area contributed by atoms with Crippen LogP contribution in [0.5, 0.6) is 0 Å². The van der Waals surface area contributed by atoms with Crippen molar-refractivity contribution in [1.82, 2.24) is 5.32 Å². The second-order valence-corrected chi connectivity index (χ2v) is 9.38. The molecular weight excluding hydrogens is 446 g/mol. The molecule has 34 heavy (non-hydrogen) atoms. The van der Waals surface area contributed by atoms with Gasteiger partial charge in [0.15, 0.2) is 5.54 Å². The maximum Gasteiger partial charge on any atom is 0.258 e. The van der Waals surface area contributed by atoms with E-state index in [4.69, 9.17) is 12.2 Å². The van der Waals surface area contributed by atoms with Gasteiger partial charge in [0, 0.05) is 5.56 Å². The highest BCUT2D eigenvalue weighted by molar-refractivity contribution is 7.80. The van der Waals surface area contributed by atoms with E-state index in [1.807, 2.05) is 73.7 Å². The maximum absolute atomic E-state index is 14.2. The Morgan fingerprint density at radius 3 is 2.24 bits per heavy atom. The van der Waals surface area contributed by atoms with Crippen LogP contribution in [0.15, 0.2) is 78.9 Å². The number of carbonyl (C=O) groups excluding carboxylic acids is 3. The zero-order chi connectivity index (χ0) is 23.6. The molecule has 168 valence electrons. The van der Waals surface area contributed by atoms with E-state index >= 15 is 0 Å². The number of nitrogens with one attached hydrogen (secondary N) is 1. The lowest BCUT2D eigenvalue weighted by Gasteiger charge is -2.30. The van der Waals surface area contributed by atoms with Crippen molar-refractivity contribution in [2.75, 3.05) is 9.80 Å². The summed E-state index contributed by atoms with van der Waals surface area (Å²) in [5.74, 6) is -2.87. The number of imide groups is 1. The SMILES string of the molecule is Cc1ccccc1N1C(=O)[C@@H]2C(=S)N[C@@]3(C(=O)N(Cc4ccccc4)c4ccccc43)[C@@H]2C1=O. The molecule has 3 aliphatic rings.